The molecule has 2 aliphatic rings. The van der Waals surface area contributed by atoms with Crippen molar-refractivity contribution in [1.82, 2.24) is 15.2 Å². The van der Waals surface area contributed by atoms with Gasteiger partial charge in [0.25, 0.3) is 0 Å². The number of aromatic nitrogens is 1. The zero-order valence-corrected chi connectivity index (χ0v) is 16.7. The molecule has 0 aromatic carbocycles. The first-order valence-electron chi connectivity index (χ1n) is 10.0. The van der Waals surface area contributed by atoms with E-state index in [1.807, 2.05) is 12.3 Å². The molecule has 1 aromatic heterocycles. The van der Waals surface area contributed by atoms with Gasteiger partial charge in [0.05, 0.1) is 0 Å². The maximum absolute atomic E-state index is 10.2. The summed E-state index contributed by atoms with van der Waals surface area (Å²) in [5.74, 6) is 0. The Morgan fingerprint density at radius 1 is 1.33 bits per heavy atom. The van der Waals surface area contributed by atoms with E-state index in [-0.39, 0.29) is 12.0 Å². The summed E-state index contributed by atoms with van der Waals surface area (Å²) in [6.07, 6.45) is 9.44. The lowest BCUT2D eigenvalue weighted by atomic mass is 9.75. The fraction of sp³-hybridized carbons (Fsp3) is 0.700. The van der Waals surface area contributed by atoms with Gasteiger partial charge in [0.15, 0.2) is 5.17 Å². The lowest BCUT2D eigenvalue weighted by Gasteiger charge is -2.36. The minimum absolute atomic E-state index is 0.175. The molecule has 0 radical (unpaired) electrons. The van der Waals surface area contributed by atoms with Gasteiger partial charge in [-0.25, -0.2) is 0 Å². The smallest absolute Gasteiger partial charge is 0.152 e. The molecular weight excluding hydrogens is 364 g/mol. The van der Waals surface area contributed by atoms with E-state index in [9.17, 15) is 5.11 Å². The first-order valence-corrected chi connectivity index (χ1v) is 10.4. The van der Waals surface area contributed by atoms with E-state index in [4.69, 9.17) is 16.4 Å². The first kappa shape index (κ1) is 20.5. The highest BCUT2D eigenvalue weighted by atomic mass is 35.5. The zero-order valence-electron chi connectivity index (χ0n) is 15.9. The van der Waals surface area contributed by atoms with Crippen LogP contribution in [0.2, 0.25) is 0 Å². The van der Waals surface area contributed by atoms with Crippen LogP contribution in [-0.2, 0) is 11.3 Å². The van der Waals surface area contributed by atoms with Gasteiger partial charge in [0.2, 0.25) is 0 Å². The Hall–Kier alpha value is -1.21. The molecule has 0 bridgehead atoms. The minimum atomic E-state index is -0.543. The molecule has 3 heterocycles. The van der Waals surface area contributed by atoms with Crippen LogP contribution >= 0.6 is 11.6 Å². The van der Waals surface area contributed by atoms with Crippen molar-refractivity contribution in [2.24, 2.45) is 10.6 Å². The van der Waals surface area contributed by atoms with E-state index in [1.54, 1.807) is 6.20 Å². The van der Waals surface area contributed by atoms with Crippen LogP contribution in [0.1, 0.15) is 37.7 Å². The average Bonchev–Trinajstić information content (AvgIpc) is 2.70. The van der Waals surface area contributed by atoms with Crippen LogP contribution in [0, 0.1) is 5.41 Å². The second kappa shape index (κ2) is 10.4. The first-order chi connectivity index (χ1) is 13.2. The zero-order chi connectivity index (χ0) is 19.0. The molecule has 0 saturated carbocycles. The maximum atomic E-state index is 10.2. The third-order valence-corrected chi connectivity index (χ3v) is 6.06. The van der Waals surface area contributed by atoms with Crippen molar-refractivity contribution in [2.75, 3.05) is 39.3 Å². The number of piperidine rings is 2. The predicted molar refractivity (Wildman–Crippen MR) is 108 cm³/mol. The number of nitrogens with zero attached hydrogens (tertiary/aromatic N) is 3. The maximum Gasteiger partial charge on any atom is 0.152 e. The number of hydrogen-bond acceptors (Lipinski definition) is 6. The van der Waals surface area contributed by atoms with Crippen LogP contribution in [0.3, 0.4) is 0 Å². The van der Waals surface area contributed by atoms with Gasteiger partial charge in [0, 0.05) is 24.4 Å². The number of oxime groups is 1. The van der Waals surface area contributed by atoms with E-state index in [0.29, 0.717) is 11.7 Å². The summed E-state index contributed by atoms with van der Waals surface area (Å²) in [6, 6.07) is 4.02. The van der Waals surface area contributed by atoms with Crippen molar-refractivity contribution < 1.29 is 9.94 Å². The Kier molecular flexibility index (Phi) is 7.88. The standard InChI is InChI=1S/C20H31ClN4O2/c21-19(24-27-16-18(26)15-25-11-2-1-3-12-25)20(6-9-22-10-7-20)13-17-5-4-8-23-14-17/h4-5,8,14,18,22,26H,1-3,6-7,9-13,15-16H2. The van der Waals surface area contributed by atoms with Gasteiger partial charge in [-0.3, -0.25) is 4.98 Å². The number of pyridine rings is 1. The highest BCUT2D eigenvalue weighted by Crippen LogP contribution is 2.36. The molecule has 0 aliphatic carbocycles. The van der Waals surface area contributed by atoms with Crippen LogP contribution in [0.4, 0.5) is 0 Å². The van der Waals surface area contributed by atoms with Crippen LogP contribution in [0.25, 0.3) is 0 Å². The van der Waals surface area contributed by atoms with Crippen LogP contribution < -0.4 is 5.32 Å². The summed E-state index contributed by atoms with van der Waals surface area (Å²) in [5.41, 5.74) is 0.922. The Morgan fingerprint density at radius 3 is 2.81 bits per heavy atom. The second-order valence-corrected chi connectivity index (χ2v) is 8.12. The Balaban J connectivity index is 1.55. The number of nitrogens with one attached hydrogen (secondary N) is 1. The number of rotatable bonds is 8. The number of likely N-dealkylation sites (tertiary alicyclic amines) is 1. The summed E-state index contributed by atoms with van der Waals surface area (Å²) in [5, 5.41) is 18.3. The summed E-state index contributed by atoms with van der Waals surface area (Å²) >= 11 is 6.63. The predicted octanol–water partition coefficient (Wildman–Crippen LogP) is 2.41. The lowest BCUT2D eigenvalue weighted by Crippen LogP contribution is -2.42. The van der Waals surface area contributed by atoms with Gasteiger partial charge in [-0.2, -0.15) is 0 Å². The summed E-state index contributed by atoms with van der Waals surface area (Å²) in [6.45, 7) is 4.74. The number of β-amino-alcohol motifs (C(OH)–C–C–N with tert-alkyl or cyclic N) is 1. The van der Waals surface area contributed by atoms with Crippen molar-refractivity contribution in [1.29, 1.82) is 0 Å². The number of hydrogen-bond donors (Lipinski definition) is 2. The third-order valence-electron chi connectivity index (χ3n) is 5.59. The molecule has 3 rings (SSSR count). The van der Waals surface area contributed by atoms with E-state index >= 15 is 0 Å². The van der Waals surface area contributed by atoms with Crippen LogP contribution in [0.15, 0.2) is 29.7 Å². The number of aliphatic hydroxyl groups excluding tert-OH is 1. The van der Waals surface area contributed by atoms with Gasteiger partial charge in [0.1, 0.15) is 12.7 Å². The molecule has 6 nitrogen and oxygen atoms in total. The molecule has 2 saturated heterocycles. The topological polar surface area (TPSA) is 70.0 Å². The molecule has 7 heteroatoms. The fourth-order valence-corrected chi connectivity index (χ4v) is 4.33. The molecule has 2 fully saturated rings. The van der Waals surface area contributed by atoms with E-state index in [0.717, 1.165) is 51.0 Å². The SMILES string of the molecule is OC(CON=C(Cl)C1(Cc2cccnc2)CCNCC1)CN1CCCCC1. The van der Waals surface area contributed by atoms with E-state index < -0.39 is 6.10 Å². The van der Waals surface area contributed by atoms with Crippen molar-refractivity contribution in [3.05, 3.63) is 30.1 Å². The van der Waals surface area contributed by atoms with Crippen molar-refractivity contribution in [2.45, 2.75) is 44.6 Å². The van der Waals surface area contributed by atoms with Gasteiger partial charge >= 0.3 is 0 Å². The lowest BCUT2D eigenvalue weighted by molar-refractivity contribution is 0.0149. The summed E-state index contributed by atoms with van der Waals surface area (Å²) in [4.78, 5) is 12.0. The quantitative estimate of drug-likeness (QED) is 0.523. The van der Waals surface area contributed by atoms with Crippen molar-refractivity contribution >= 4 is 16.8 Å². The molecule has 27 heavy (non-hydrogen) atoms. The molecule has 150 valence electrons. The van der Waals surface area contributed by atoms with Crippen molar-refractivity contribution in [3.63, 3.8) is 0 Å². The van der Waals surface area contributed by atoms with E-state index in [1.165, 1.54) is 19.3 Å². The molecule has 0 spiro atoms. The summed E-state index contributed by atoms with van der Waals surface area (Å²) in [7, 11) is 0. The van der Waals surface area contributed by atoms with Gasteiger partial charge in [-0.15, -0.1) is 0 Å². The molecule has 2 N–H and O–H groups in total. The molecule has 1 atom stereocenters. The molecule has 1 aromatic rings. The molecule has 2 aliphatic heterocycles. The Labute approximate surface area is 166 Å². The van der Waals surface area contributed by atoms with Crippen LogP contribution in [0.5, 0.6) is 0 Å². The minimum Gasteiger partial charge on any atom is -0.392 e. The van der Waals surface area contributed by atoms with E-state index in [2.05, 4.69) is 26.4 Å². The number of halogens is 1. The normalized spacial score (nSPS) is 22.4. The largest absolute Gasteiger partial charge is 0.392 e. The highest BCUT2D eigenvalue weighted by Gasteiger charge is 2.37. The monoisotopic (exact) mass is 394 g/mol. The average molecular weight is 395 g/mol. The van der Waals surface area contributed by atoms with Gasteiger partial charge in [-0.05, 0) is 69.9 Å². The Bertz CT molecular complexity index is 587. The molecule has 0 amide bonds. The number of aliphatic hydroxyl groups is 1. The van der Waals surface area contributed by atoms with Gasteiger partial charge < -0.3 is 20.2 Å². The second-order valence-electron chi connectivity index (χ2n) is 7.76. The van der Waals surface area contributed by atoms with Crippen LogP contribution in [-0.4, -0.2) is 65.6 Å². The molecule has 1 unspecified atom stereocenters. The fourth-order valence-electron chi connectivity index (χ4n) is 4.02. The molecular formula is C20H31ClN4O2. The van der Waals surface area contributed by atoms with Gasteiger partial charge in [-0.1, -0.05) is 29.2 Å². The highest BCUT2D eigenvalue weighted by molar-refractivity contribution is 6.66. The Morgan fingerprint density at radius 2 is 2.11 bits per heavy atom. The van der Waals surface area contributed by atoms with Crippen molar-refractivity contribution in [3.8, 4) is 0 Å². The third kappa shape index (κ3) is 6.14. The summed E-state index contributed by atoms with van der Waals surface area (Å²) < 4.78 is 0.